The Bertz CT molecular complexity index is 384. The number of pyridine rings is 1. The first-order valence-electron chi connectivity index (χ1n) is 6.32. The zero-order chi connectivity index (χ0) is 12.5. The van der Waals surface area contributed by atoms with Crippen LogP contribution in [0, 0.1) is 11.3 Å². The van der Waals surface area contributed by atoms with Crippen LogP contribution < -0.4 is 4.90 Å². The third-order valence-electron chi connectivity index (χ3n) is 3.69. The van der Waals surface area contributed by atoms with Crippen LogP contribution in [-0.4, -0.2) is 23.2 Å². The molecule has 3 heteroatoms. The fourth-order valence-electron chi connectivity index (χ4n) is 2.41. The van der Waals surface area contributed by atoms with E-state index in [0.717, 1.165) is 30.5 Å². The summed E-state index contributed by atoms with van der Waals surface area (Å²) in [5, 5.41) is 9.11. The minimum Gasteiger partial charge on any atom is -0.390 e. The van der Waals surface area contributed by atoms with Gasteiger partial charge in [-0.05, 0) is 29.9 Å². The molecular formula is C14H22N2O. The normalized spacial score (nSPS) is 20.9. The number of rotatable bonds is 2. The maximum Gasteiger partial charge on any atom is 0.128 e. The van der Waals surface area contributed by atoms with E-state index in [4.69, 9.17) is 5.11 Å². The van der Waals surface area contributed by atoms with E-state index in [1.807, 2.05) is 18.2 Å². The number of aliphatic hydroxyl groups is 1. The van der Waals surface area contributed by atoms with Crippen LogP contribution >= 0.6 is 0 Å². The van der Waals surface area contributed by atoms with Gasteiger partial charge in [0.25, 0.3) is 0 Å². The zero-order valence-electron chi connectivity index (χ0n) is 11.0. The van der Waals surface area contributed by atoms with E-state index in [1.54, 1.807) is 0 Å². The van der Waals surface area contributed by atoms with Crippen molar-refractivity contribution in [2.45, 2.75) is 33.8 Å². The molecule has 1 N–H and O–H groups in total. The first-order valence-corrected chi connectivity index (χ1v) is 6.32. The molecule has 0 aliphatic carbocycles. The Morgan fingerprint density at radius 2 is 2.18 bits per heavy atom. The van der Waals surface area contributed by atoms with Crippen molar-refractivity contribution < 1.29 is 5.11 Å². The Balaban J connectivity index is 2.09. The molecule has 0 saturated carbocycles. The third-order valence-corrected chi connectivity index (χ3v) is 3.69. The van der Waals surface area contributed by atoms with Gasteiger partial charge in [0, 0.05) is 13.1 Å². The summed E-state index contributed by atoms with van der Waals surface area (Å²) in [7, 11) is 0. The van der Waals surface area contributed by atoms with E-state index < -0.39 is 0 Å². The summed E-state index contributed by atoms with van der Waals surface area (Å²) >= 11 is 0. The highest BCUT2D eigenvalue weighted by molar-refractivity contribution is 5.40. The van der Waals surface area contributed by atoms with E-state index in [2.05, 4.69) is 30.7 Å². The van der Waals surface area contributed by atoms with Gasteiger partial charge in [0.1, 0.15) is 5.82 Å². The molecule has 94 valence electrons. The topological polar surface area (TPSA) is 36.4 Å². The van der Waals surface area contributed by atoms with Crippen LogP contribution in [-0.2, 0) is 6.61 Å². The largest absolute Gasteiger partial charge is 0.390 e. The Kier molecular flexibility index (Phi) is 3.38. The number of aromatic nitrogens is 1. The van der Waals surface area contributed by atoms with Crippen molar-refractivity contribution in [2.24, 2.45) is 11.3 Å². The molecule has 1 atom stereocenters. The van der Waals surface area contributed by atoms with E-state index in [1.165, 1.54) is 6.42 Å². The fraction of sp³-hybridized carbons (Fsp3) is 0.643. The number of aliphatic hydroxyl groups excluding tert-OH is 1. The molecule has 1 aliphatic heterocycles. The van der Waals surface area contributed by atoms with Gasteiger partial charge < -0.3 is 10.0 Å². The molecule has 0 spiro atoms. The van der Waals surface area contributed by atoms with Crippen LogP contribution in [0.5, 0.6) is 0 Å². The van der Waals surface area contributed by atoms with Gasteiger partial charge in [-0.15, -0.1) is 0 Å². The summed E-state index contributed by atoms with van der Waals surface area (Å²) in [5.74, 6) is 1.73. The molecule has 0 bridgehead atoms. The lowest BCUT2D eigenvalue weighted by molar-refractivity contribution is 0.263. The van der Waals surface area contributed by atoms with Gasteiger partial charge in [-0.25, -0.2) is 4.98 Å². The fourth-order valence-corrected chi connectivity index (χ4v) is 2.41. The van der Waals surface area contributed by atoms with Crippen LogP contribution in [0.2, 0.25) is 0 Å². The van der Waals surface area contributed by atoms with Gasteiger partial charge in [0.2, 0.25) is 0 Å². The minimum atomic E-state index is 0.0182. The summed E-state index contributed by atoms with van der Waals surface area (Å²) in [6.07, 6.45) is 1.23. The van der Waals surface area contributed by atoms with Gasteiger partial charge >= 0.3 is 0 Å². The molecule has 0 amide bonds. The molecule has 2 rings (SSSR count). The van der Waals surface area contributed by atoms with Crippen molar-refractivity contribution in [1.29, 1.82) is 0 Å². The van der Waals surface area contributed by atoms with Gasteiger partial charge in [-0.2, -0.15) is 0 Å². The van der Waals surface area contributed by atoms with Gasteiger partial charge in [-0.1, -0.05) is 26.8 Å². The molecule has 1 aromatic heterocycles. The summed E-state index contributed by atoms with van der Waals surface area (Å²) in [6, 6.07) is 5.86. The second kappa shape index (κ2) is 4.65. The van der Waals surface area contributed by atoms with Crippen molar-refractivity contribution in [3.05, 3.63) is 23.9 Å². The average molecular weight is 234 g/mol. The molecule has 1 aromatic rings. The maximum absolute atomic E-state index is 9.11. The molecule has 17 heavy (non-hydrogen) atoms. The molecule has 1 saturated heterocycles. The second-order valence-electron chi connectivity index (χ2n) is 5.94. The van der Waals surface area contributed by atoms with Crippen LogP contribution in [0.4, 0.5) is 5.82 Å². The summed E-state index contributed by atoms with van der Waals surface area (Å²) in [4.78, 5) is 6.79. The highest BCUT2D eigenvalue weighted by Gasteiger charge is 2.32. The molecule has 0 radical (unpaired) electrons. The van der Waals surface area contributed by atoms with E-state index in [9.17, 15) is 0 Å². The van der Waals surface area contributed by atoms with Crippen LogP contribution in [0.3, 0.4) is 0 Å². The van der Waals surface area contributed by atoms with Crippen LogP contribution in [0.25, 0.3) is 0 Å². The van der Waals surface area contributed by atoms with Crippen molar-refractivity contribution in [2.75, 3.05) is 18.0 Å². The molecular weight excluding hydrogens is 212 g/mol. The lowest BCUT2D eigenvalue weighted by Gasteiger charge is -2.27. The quantitative estimate of drug-likeness (QED) is 0.854. The standard InChI is InChI=1S/C14H22N2O/c1-14(2,3)11-7-8-16(9-11)13-6-4-5-12(10-17)15-13/h4-6,11,17H,7-10H2,1-3H3. The number of nitrogens with zero attached hydrogens (tertiary/aromatic N) is 2. The van der Waals surface area contributed by atoms with Gasteiger partial charge in [-0.3, -0.25) is 0 Å². The molecule has 1 unspecified atom stereocenters. The lowest BCUT2D eigenvalue weighted by atomic mass is 9.80. The lowest BCUT2D eigenvalue weighted by Crippen LogP contribution is -2.26. The smallest absolute Gasteiger partial charge is 0.128 e. The number of hydrogen-bond acceptors (Lipinski definition) is 3. The highest BCUT2D eigenvalue weighted by atomic mass is 16.3. The monoisotopic (exact) mass is 234 g/mol. The first-order chi connectivity index (χ1) is 8.00. The first kappa shape index (κ1) is 12.4. The van der Waals surface area contributed by atoms with Crippen LogP contribution in [0.15, 0.2) is 18.2 Å². The van der Waals surface area contributed by atoms with E-state index in [-0.39, 0.29) is 6.61 Å². The Labute approximate surface area is 103 Å². The van der Waals surface area contributed by atoms with Gasteiger partial charge in [0.05, 0.1) is 12.3 Å². The van der Waals surface area contributed by atoms with Gasteiger partial charge in [0.15, 0.2) is 0 Å². The molecule has 1 fully saturated rings. The molecule has 1 aliphatic rings. The predicted octanol–water partition coefficient (Wildman–Crippen LogP) is 2.45. The van der Waals surface area contributed by atoms with Crippen molar-refractivity contribution >= 4 is 5.82 Å². The van der Waals surface area contributed by atoms with Crippen molar-refractivity contribution in [1.82, 2.24) is 4.98 Å². The second-order valence-corrected chi connectivity index (χ2v) is 5.94. The molecule has 2 heterocycles. The zero-order valence-corrected chi connectivity index (χ0v) is 11.0. The summed E-state index contributed by atoms with van der Waals surface area (Å²) < 4.78 is 0. The maximum atomic E-state index is 9.11. The number of anilines is 1. The molecule has 0 aromatic carbocycles. The van der Waals surface area contributed by atoms with Crippen LogP contribution in [0.1, 0.15) is 32.9 Å². The van der Waals surface area contributed by atoms with Crippen molar-refractivity contribution in [3.63, 3.8) is 0 Å². The highest BCUT2D eigenvalue weighted by Crippen LogP contribution is 2.35. The number of hydrogen-bond donors (Lipinski definition) is 1. The van der Waals surface area contributed by atoms with Crippen molar-refractivity contribution in [3.8, 4) is 0 Å². The van der Waals surface area contributed by atoms with E-state index in [0.29, 0.717) is 5.41 Å². The Morgan fingerprint density at radius 3 is 2.76 bits per heavy atom. The van der Waals surface area contributed by atoms with E-state index >= 15 is 0 Å². The Hall–Kier alpha value is -1.09. The summed E-state index contributed by atoms with van der Waals surface area (Å²) in [6.45, 7) is 9.08. The SMILES string of the molecule is CC(C)(C)C1CCN(c2cccc(CO)n2)C1. The summed E-state index contributed by atoms with van der Waals surface area (Å²) in [5.41, 5.74) is 1.12. The minimum absolute atomic E-state index is 0.0182. The Morgan fingerprint density at radius 1 is 1.41 bits per heavy atom. The average Bonchev–Trinajstić information content (AvgIpc) is 2.78. The third kappa shape index (κ3) is 2.78. The molecule has 3 nitrogen and oxygen atoms in total. The predicted molar refractivity (Wildman–Crippen MR) is 69.9 cm³/mol.